The van der Waals surface area contributed by atoms with Crippen molar-refractivity contribution in [1.29, 1.82) is 0 Å². The Bertz CT molecular complexity index is 935. The van der Waals surface area contributed by atoms with Gasteiger partial charge in [-0.15, -0.1) is 0 Å². The first-order valence-corrected chi connectivity index (χ1v) is 8.62. The van der Waals surface area contributed by atoms with Gasteiger partial charge in [0, 0.05) is 21.6 Å². The van der Waals surface area contributed by atoms with Crippen molar-refractivity contribution in [1.82, 2.24) is 9.97 Å². The number of aromatic nitrogens is 2. The number of nitrogens with one attached hydrogen (secondary N) is 1. The minimum Gasteiger partial charge on any atom is -0.426 e. The molecule has 0 unspecified atom stereocenters. The molecule has 1 N–H and O–H groups in total. The second-order valence-electron chi connectivity index (χ2n) is 6.68. The van der Waals surface area contributed by atoms with E-state index in [1.54, 1.807) is 12.1 Å². The Hall–Kier alpha value is -2.47. The molecule has 0 saturated carbocycles. The zero-order chi connectivity index (χ0) is 18.0. The zero-order valence-electron chi connectivity index (χ0n) is 14.2. The third kappa shape index (κ3) is 4.14. The molecule has 0 aliphatic heterocycles. The fourth-order valence-corrected chi connectivity index (χ4v) is 2.52. The molecular weight excluding hydrogens is 382 g/mol. The van der Waals surface area contributed by atoms with Crippen LogP contribution in [0.5, 0.6) is 5.75 Å². The van der Waals surface area contributed by atoms with E-state index in [1.165, 1.54) is 6.33 Å². The van der Waals surface area contributed by atoms with Gasteiger partial charge in [-0.3, -0.25) is 4.79 Å². The normalized spacial score (nSPS) is 11.4. The van der Waals surface area contributed by atoms with Gasteiger partial charge in [-0.05, 0) is 51.1 Å². The predicted molar refractivity (Wildman–Crippen MR) is 102 cm³/mol. The first kappa shape index (κ1) is 17.4. The lowest BCUT2D eigenvalue weighted by atomic mass is 9.97. The lowest BCUT2D eigenvalue weighted by Crippen LogP contribution is -2.25. The van der Waals surface area contributed by atoms with Crippen LogP contribution in [0, 0.1) is 5.41 Å². The third-order valence-electron chi connectivity index (χ3n) is 3.52. The summed E-state index contributed by atoms with van der Waals surface area (Å²) in [5.41, 5.74) is 1.06. The largest absolute Gasteiger partial charge is 0.426 e. The predicted octanol–water partition coefficient (Wildman–Crippen LogP) is 5.09. The average molecular weight is 400 g/mol. The van der Waals surface area contributed by atoms with Crippen LogP contribution in [0.25, 0.3) is 10.9 Å². The number of esters is 1. The van der Waals surface area contributed by atoms with E-state index in [-0.39, 0.29) is 5.97 Å². The van der Waals surface area contributed by atoms with Gasteiger partial charge in [-0.25, -0.2) is 9.97 Å². The molecule has 0 saturated heterocycles. The fourth-order valence-electron chi connectivity index (χ4n) is 2.16. The highest BCUT2D eigenvalue weighted by Gasteiger charge is 2.23. The Balaban J connectivity index is 1.88. The van der Waals surface area contributed by atoms with Gasteiger partial charge < -0.3 is 10.1 Å². The van der Waals surface area contributed by atoms with Crippen molar-refractivity contribution in [3.8, 4) is 5.75 Å². The summed E-state index contributed by atoms with van der Waals surface area (Å²) in [4.78, 5) is 20.6. The molecule has 0 fully saturated rings. The van der Waals surface area contributed by atoms with Crippen LogP contribution in [0.3, 0.4) is 0 Å². The van der Waals surface area contributed by atoms with Crippen LogP contribution in [0.15, 0.2) is 53.3 Å². The maximum absolute atomic E-state index is 12.0. The minimum atomic E-state index is -0.557. The maximum Gasteiger partial charge on any atom is 0.316 e. The van der Waals surface area contributed by atoms with Crippen molar-refractivity contribution in [2.75, 3.05) is 5.32 Å². The molecule has 0 aliphatic rings. The van der Waals surface area contributed by atoms with E-state index in [9.17, 15) is 4.79 Å². The number of ether oxygens (including phenoxy) is 1. The molecule has 0 radical (unpaired) electrons. The highest BCUT2D eigenvalue weighted by Crippen LogP contribution is 2.28. The van der Waals surface area contributed by atoms with Crippen molar-refractivity contribution in [2.45, 2.75) is 20.8 Å². The van der Waals surface area contributed by atoms with Crippen LogP contribution in [-0.4, -0.2) is 15.9 Å². The molecule has 0 atom stereocenters. The Labute approximate surface area is 154 Å². The zero-order valence-corrected chi connectivity index (χ0v) is 15.8. The Morgan fingerprint density at radius 3 is 2.68 bits per heavy atom. The second kappa shape index (κ2) is 6.80. The van der Waals surface area contributed by atoms with Crippen LogP contribution in [0.4, 0.5) is 11.5 Å². The molecule has 128 valence electrons. The molecule has 0 aliphatic carbocycles. The molecule has 1 heterocycles. The summed E-state index contributed by atoms with van der Waals surface area (Å²) >= 11 is 3.47. The number of rotatable bonds is 3. The van der Waals surface area contributed by atoms with Gasteiger partial charge in [0.25, 0.3) is 0 Å². The smallest absolute Gasteiger partial charge is 0.316 e. The van der Waals surface area contributed by atoms with Gasteiger partial charge in [0.15, 0.2) is 0 Å². The van der Waals surface area contributed by atoms with Gasteiger partial charge >= 0.3 is 5.97 Å². The summed E-state index contributed by atoms with van der Waals surface area (Å²) < 4.78 is 6.39. The van der Waals surface area contributed by atoms with Gasteiger partial charge in [-0.1, -0.05) is 22.0 Å². The Morgan fingerprint density at radius 1 is 1.12 bits per heavy atom. The first-order valence-electron chi connectivity index (χ1n) is 7.82. The number of carbonyl (C=O) groups is 1. The van der Waals surface area contributed by atoms with Crippen molar-refractivity contribution < 1.29 is 9.53 Å². The highest BCUT2D eigenvalue weighted by atomic mass is 79.9. The summed E-state index contributed by atoms with van der Waals surface area (Å²) in [5, 5.41) is 4.16. The standard InChI is InChI=1S/C19H18BrN3O2/c1-19(2,3)18(24)25-14-6-4-5-13(10-14)23-17-15-9-12(20)7-8-16(15)21-11-22-17/h4-11H,1-3H3,(H,21,22,23). The van der Waals surface area contributed by atoms with E-state index in [2.05, 4.69) is 31.2 Å². The van der Waals surface area contributed by atoms with Crippen LogP contribution >= 0.6 is 15.9 Å². The highest BCUT2D eigenvalue weighted by molar-refractivity contribution is 9.10. The van der Waals surface area contributed by atoms with Crippen molar-refractivity contribution >= 4 is 44.3 Å². The summed E-state index contributed by atoms with van der Waals surface area (Å²) in [6, 6.07) is 13.1. The third-order valence-corrected chi connectivity index (χ3v) is 4.01. The number of fused-ring (bicyclic) bond motifs is 1. The summed E-state index contributed by atoms with van der Waals surface area (Å²) in [7, 11) is 0. The number of hydrogen-bond acceptors (Lipinski definition) is 5. The Morgan fingerprint density at radius 2 is 1.92 bits per heavy atom. The average Bonchev–Trinajstić information content (AvgIpc) is 2.55. The topological polar surface area (TPSA) is 64.1 Å². The van der Waals surface area contributed by atoms with Gasteiger partial charge in [-0.2, -0.15) is 0 Å². The lowest BCUT2D eigenvalue weighted by molar-refractivity contribution is -0.142. The first-order chi connectivity index (χ1) is 11.8. The summed E-state index contributed by atoms with van der Waals surface area (Å²) in [5.74, 6) is 0.899. The van der Waals surface area contributed by atoms with Crippen LogP contribution in [0.1, 0.15) is 20.8 Å². The van der Waals surface area contributed by atoms with Gasteiger partial charge in [0.1, 0.15) is 17.9 Å². The molecule has 3 rings (SSSR count). The number of nitrogens with zero attached hydrogens (tertiary/aromatic N) is 2. The molecule has 3 aromatic rings. The molecule has 5 nitrogen and oxygen atoms in total. The molecule has 6 heteroatoms. The molecule has 0 bridgehead atoms. The molecule has 1 aromatic heterocycles. The van der Waals surface area contributed by atoms with Gasteiger partial charge in [0.05, 0.1) is 10.9 Å². The number of benzene rings is 2. The fraction of sp³-hybridized carbons (Fsp3) is 0.211. The molecule has 25 heavy (non-hydrogen) atoms. The van der Waals surface area contributed by atoms with Crippen LogP contribution < -0.4 is 10.1 Å². The SMILES string of the molecule is CC(C)(C)C(=O)Oc1cccc(Nc2ncnc3ccc(Br)cc23)c1. The van der Waals surface area contributed by atoms with Crippen molar-refractivity contribution in [3.63, 3.8) is 0 Å². The molecular formula is C19H18BrN3O2. The lowest BCUT2D eigenvalue weighted by Gasteiger charge is -2.17. The van der Waals surface area contributed by atoms with Gasteiger partial charge in [0.2, 0.25) is 0 Å². The van der Waals surface area contributed by atoms with E-state index < -0.39 is 5.41 Å². The minimum absolute atomic E-state index is 0.277. The summed E-state index contributed by atoms with van der Waals surface area (Å²) in [6.07, 6.45) is 1.52. The molecule has 2 aromatic carbocycles. The van der Waals surface area contributed by atoms with E-state index in [4.69, 9.17) is 4.74 Å². The van der Waals surface area contributed by atoms with E-state index in [0.29, 0.717) is 11.6 Å². The second-order valence-corrected chi connectivity index (χ2v) is 7.59. The van der Waals surface area contributed by atoms with E-state index >= 15 is 0 Å². The van der Waals surface area contributed by atoms with E-state index in [1.807, 2.05) is 51.1 Å². The summed E-state index contributed by atoms with van der Waals surface area (Å²) in [6.45, 7) is 5.47. The Kier molecular flexibility index (Phi) is 4.72. The quantitative estimate of drug-likeness (QED) is 0.490. The van der Waals surface area contributed by atoms with E-state index in [0.717, 1.165) is 21.1 Å². The molecule has 0 amide bonds. The monoisotopic (exact) mass is 399 g/mol. The molecule has 0 spiro atoms. The number of hydrogen-bond donors (Lipinski definition) is 1. The number of anilines is 2. The number of halogens is 1. The van der Waals surface area contributed by atoms with Crippen LogP contribution in [0.2, 0.25) is 0 Å². The maximum atomic E-state index is 12.0. The van der Waals surface area contributed by atoms with Crippen molar-refractivity contribution in [2.24, 2.45) is 5.41 Å². The number of carbonyl (C=O) groups excluding carboxylic acids is 1. The van der Waals surface area contributed by atoms with Crippen molar-refractivity contribution in [3.05, 3.63) is 53.3 Å². The van der Waals surface area contributed by atoms with Crippen LogP contribution in [-0.2, 0) is 4.79 Å².